The van der Waals surface area contributed by atoms with Gasteiger partial charge in [-0.1, -0.05) is 11.6 Å². The summed E-state index contributed by atoms with van der Waals surface area (Å²) in [4.78, 5) is 0.274. The average Bonchev–Trinajstić information content (AvgIpc) is 2.29. The van der Waals surface area contributed by atoms with Crippen molar-refractivity contribution in [1.82, 2.24) is 4.31 Å². The summed E-state index contributed by atoms with van der Waals surface area (Å²) in [6.45, 7) is 0.934. The van der Waals surface area contributed by atoms with Crippen LogP contribution in [0.2, 0.25) is 5.02 Å². The lowest BCUT2D eigenvalue weighted by Crippen LogP contribution is -2.45. The quantitative estimate of drug-likeness (QED) is 0.907. The van der Waals surface area contributed by atoms with E-state index in [-0.39, 0.29) is 23.3 Å². The number of halogens is 2. The highest BCUT2D eigenvalue weighted by Crippen LogP contribution is 2.21. The maximum absolute atomic E-state index is 12.3. The Labute approximate surface area is 119 Å². The fraction of sp³-hybridized carbons (Fsp3) is 0.455. The molecule has 7 heteroatoms. The van der Waals surface area contributed by atoms with Crippen LogP contribution < -0.4 is 5.73 Å². The van der Waals surface area contributed by atoms with Crippen LogP contribution in [0.5, 0.6) is 0 Å². The van der Waals surface area contributed by atoms with Crippen molar-refractivity contribution >= 4 is 34.0 Å². The van der Waals surface area contributed by atoms with Gasteiger partial charge in [-0.05, 0) is 37.1 Å². The standard InChI is InChI=1S/C11H15ClN2O2S.ClH/c12-9-3-5-11(6-4-9)17(15,16)14-7-1-2-10(13)8-14;/h3-6,10H,1-2,7-8,13H2;1H. The molecule has 1 fully saturated rings. The van der Waals surface area contributed by atoms with Crippen molar-refractivity contribution in [2.45, 2.75) is 23.8 Å². The minimum atomic E-state index is -3.42. The topological polar surface area (TPSA) is 63.4 Å². The Kier molecular flexibility index (Phi) is 5.43. The Morgan fingerprint density at radius 2 is 1.89 bits per heavy atom. The first-order chi connectivity index (χ1) is 8.00. The molecule has 1 aromatic carbocycles. The van der Waals surface area contributed by atoms with E-state index in [0.717, 1.165) is 12.8 Å². The van der Waals surface area contributed by atoms with E-state index in [2.05, 4.69) is 0 Å². The molecule has 0 amide bonds. The molecule has 102 valence electrons. The molecule has 0 aromatic heterocycles. The van der Waals surface area contributed by atoms with Crippen LogP contribution in [0.4, 0.5) is 0 Å². The van der Waals surface area contributed by atoms with E-state index in [1.54, 1.807) is 12.1 Å². The third kappa shape index (κ3) is 3.36. The fourth-order valence-corrected chi connectivity index (χ4v) is 3.61. The van der Waals surface area contributed by atoms with E-state index in [1.807, 2.05) is 0 Å². The molecule has 1 aliphatic rings. The van der Waals surface area contributed by atoms with Crippen molar-refractivity contribution in [2.24, 2.45) is 5.73 Å². The molecule has 18 heavy (non-hydrogen) atoms. The Hall–Kier alpha value is -0.330. The number of benzene rings is 1. The van der Waals surface area contributed by atoms with Gasteiger partial charge in [-0.15, -0.1) is 12.4 Å². The summed E-state index contributed by atoms with van der Waals surface area (Å²) < 4.78 is 26.0. The Bertz CT molecular complexity index is 490. The van der Waals surface area contributed by atoms with Gasteiger partial charge in [0.1, 0.15) is 0 Å². The highest BCUT2D eigenvalue weighted by molar-refractivity contribution is 7.89. The van der Waals surface area contributed by atoms with Gasteiger partial charge in [-0.25, -0.2) is 8.42 Å². The monoisotopic (exact) mass is 310 g/mol. The van der Waals surface area contributed by atoms with Gasteiger partial charge in [0.15, 0.2) is 0 Å². The molecule has 1 aromatic rings. The van der Waals surface area contributed by atoms with Crippen molar-refractivity contribution < 1.29 is 8.42 Å². The lowest BCUT2D eigenvalue weighted by atomic mass is 10.1. The SMILES string of the molecule is Cl.NC1CCCN(S(=O)(=O)c2ccc(Cl)cc2)C1. The van der Waals surface area contributed by atoms with Crippen LogP contribution >= 0.6 is 24.0 Å². The van der Waals surface area contributed by atoms with Crippen molar-refractivity contribution in [2.75, 3.05) is 13.1 Å². The van der Waals surface area contributed by atoms with Gasteiger partial charge in [0.2, 0.25) is 10.0 Å². The van der Waals surface area contributed by atoms with Crippen LogP contribution in [0, 0.1) is 0 Å². The van der Waals surface area contributed by atoms with Crippen LogP contribution in [-0.2, 0) is 10.0 Å². The molecule has 1 atom stereocenters. The first-order valence-corrected chi connectivity index (χ1v) is 7.33. The molecule has 2 N–H and O–H groups in total. The number of hydrogen-bond donors (Lipinski definition) is 1. The van der Waals surface area contributed by atoms with E-state index in [1.165, 1.54) is 16.4 Å². The molecule has 1 heterocycles. The number of nitrogens with zero attached hydrogens (tertiary/aromatic N) is 1. The number of piperidine rings is 1. The Morgan fingerprint density at radius 1 is 1.28 bits per heavy atom. The van der Waals surface area contributed by atoms with Gasteiger partial charge >= 0.3 is 0 Å². The van der Waals surface area contributed by atoms with E-state index < -0.39 is 10.0 Å². The minimum Gasteiger partial charge on any atom is -0.327 e. The molecule has 0 bridgehead atoms. The number of nitrogens with two attached hydrogens (primary N) is 1. The molecule has 1 aliphatic heterocycles. The Morgan fingerprint density at radius 3 is 2.44 bits per heavy atom. The van der Waals surface area contributed by atoms with Gasteiger partial charge in [0.05, 0.1) is 4.90 Å². The number of sulfonamides is 1. The largest absolute Gasteiger partial charge is 0.327 e. The number of rotatable bonds is 2. The van der Waals surface area contributed by atoms with Crippen LogP contribution in [-0.4, -0.2) is 31.9 Å². The van der Waals surface area contributed by atoms with E-state index >= 15 is 0 Å². The fourth-order valence-electron chi connectivity index (χ4n) is 1.95. The molecule has 2 rings (SSSR count). The molecule has 0 saturated carbocycles. The summed E-state index contributed by atoms with van der Waals surface area (Å²) in [5.74, 6) is 0. The van der Waals surface area contributed by atoms with Gasteiger partial charge < -0.3 is 5.73 Å². The van der Waals surface area contributed by atoms with E-state index in [4.69, 9.17) is 17.3 Å². The first kappa shape index (κ1) is 15.7. The van der Waals surface area contributed by atoms with Crippen molar-refractivity contribution in [3.63, 3.8) is 0 Å². The third-order valence-corrected chi connectivity index (χ3v) is 5.00. The summed E-state index contributed by atoms with van der Waals surface area (Å²) in [5.41, 5.74) is 5.80. The van der Waals surface area contributed by atoms with Crippen LogP contribution in [0.15, 0.2) is 29.2 Å². The van der Waals surface area contributed by atoms with Crippen molar-refractivity contribution in [3.05, 3.63) is 29.3 Å². The summed E-state index contributed by atoms with van der Waals surface area (Å²) in [7, 11) is -3.42. The molecule has 1 unspecified atom stereocenters. The van der Waals surface area contributed by atoms with Crippen LogP contribution in [0.1, 0.15) is 12.8 Å². The average molecular weight is 311 g/mol. The zero-order valence-electron chi connectivity index (χ0n) is 9.75. The van der Waals surface area contributed by atoms with Crippen LogP contribution in [0.25, 0.3) is 0 Å². The van der Waals surface area contributed by atoms with Gasteiger partial charge in [-0.3, -0.25) is 0 Å². The van der Waals surface area contributed by atoms with Gasteiger partial charge in [-0.2, -0.15) is 4.31 Å². The highest BCUT2D eigenvalue weighted by Gasteiger charge is 2.28. The van der Waals surface area contributed by atoms with Gasteiger partial charge in [0.25, 0.3) is 0 Å². The minimum absolute atomic E-state index is 0. The third-order valence-electron chi connectivity index (χ3n) is 2.87. The summed E-state index contributed by atoms with van der Waals surface area (Å²) >= 11 is 5.74. The summed E-state index contributed by atoms with van der Waals surface area (Å²) in [5, 5.41) is 0.527. The first-order valence-electron chi connectivity index (χ1n) is 5.51. The number of hydrogen-bond acceptors (Lipinski definition) is 3. The molecular weight excluding hydrogens is 295 g/mol. The lowest BCUT2D eigenvalue weighted by Gasteiger charge is -2.29. The second-order valence-electron chi connectivity index (χ2n) is 4.22. The maximum Gasteiger partial charge on any atom is 0.243 e. The van der Waals surface area contributed by atoms with E-state index in [0.29, 0.717) is 18.1 Å². The van der Waals surface area contributed by atoms with Crippen molar-refractivity contribution in [3.8, 4) is 0 Å². The maximum atomic E-state index is 12.3. The molecule has 1 saturated heterocycles. The normalized spacial score (nSPS) is 21.3. The summed E-state index contributed by atoms with van der Waals surface area (Å²) in [6.07, 6.45) is 1.70. The highest BCUT2D eigenvalue weighted by atomic mass is 35.5. The molecule has 0 radical (unpaired) electrons. The van der Waals surface area contributed by atoms with Crippen LogP contribution in [0.3, 0.4) is 0 Å². The molecule has 4 nitrogen and oxygen atoms in total. The van der Waals surface area contributed by atoms with Crippen molar-refractivity contribution in [1.29, 1.82) is 0 Å². The zero-order valence-corrected chi connectivity index (χ0v) is 12.1. The second-order valence-corrected chi connectivity index (χ2v) is 6.59. The zero-order chi connectivity index (χ0) is 12.5. The second kappa shape index (κ2) is 6.21. The van der Waals surface area contributed by atoms with E-state index in [9.17, 15) is 8.42 Å². The Balaban J connectivity index is 0.00000162. The summed E-state index contributed by atoms with van der Waals surface area (Å²) in [6, 6.07) is 6.15. The smallest absolute Gasteiger partial charge is 0.243 e. The predicted molar refractivity (Wildman–Crippen MR) is 74.7 cm³/mol. The molecule has 0 aliphatic carbocycles. The molecular formula is C11H16Cl2N2O2S. The lowest BCUT2D eigenvalue weighted by molar-refractivity contribution is 0.316. The van der Waals surface area contributed by atoms with Gasteiger partial charge in [0, 0.05) is 24.2 Å². The predicted octanol–water partition coefficient (Wildman–Crippen LogP) is 1.87. The molecule has 0 spiro atoms.